The summed E-state index contributed by atoms with van der Waals surface area (Å²) < 4.78 is 10.9. The number of ether oxygens (including phenoxy) is 2. The first-order valence-corrected chi connectivity index (χ1v) is 7.44. The highest BCUT2D eigenvalue weighted by molar-refractivity contribution is 6.00. The van der Waals surface area contributed by atoms with E-state index in [1.165, 1.54) is 0 Å². The molecule has 3 atom stereocenters. The van der Waals surface area contributed by atoms with E-state index in [1.54, 1.807) is 0 Å². The van der Waals surface area contributed by atoms with Crippen LogP contribution in [-0.2, 0) is 20.9 Å². The molecule has 0 fully saturated rings. The van der Waals surface area contributed by atoms with Gasteiger partial charge in [-0.2, -0.15) is 0 Å². The van der Waals surface area contributed by atoms with Crippen molar-refractivity contribution in [2.45, 2.75) is 31.3 Å². The Morgan fingerprint density at radius 3 is 2.78 bits per heavy atom. The maximum Gasteiger partial charge on any atom is 0.162 e. The molecule has 0 bridgehead atoms. The van der Waals surface area contributed by atoms with E-state index in [4.69, 9.17) is 20.7 Å². The second kappa shape index (κ2) is 9.28. The van der Waals surface area contributed by atoms with Crippen molar-refractivity contribution in [3.63, 3.8) is 0 Å². The molecule has 1 aliphatic heterocycles. The normalized spacial score (nSPS) is 19.5. The lowest BCUT2D eigenvalue weighted by atomic mass is 10.1. The van der Waals surface area contributed by atoms with Gasteiger partial charge in [0.25, 0.3) is 0 Å². The topological polar surface area (TPSA) is 80.5 Å². The van der Waals surface area contributed by atoms with Gasteiger partial charge in [-0.3, -0.25) is 0 Å². The maximum absolute atomic E-state index is 9.88. The van der Waals surface area contributed by atoms with Crippen LogP contribution in [0.3, 0.4) is 0 Å². The van der Waals surface area contributed by atoms with Crippen LogP contribution in [0, 0.1) is 12.3 Å². The third-order valence-corrected chi connectivity index (χ3v) is 3.38. The molecule has 1 aromatic carbocycles. The molecule has 1 aliphatic rings. The number of hydrogen-bond donors (Lipinski definition) is 2. The first-order valence-electron chi connectivity index (χ1n) is 7.44. The SMILES string of the molecule is C#CC1=NOC(C(CO)OCC(O)COCc2ccccc2)C1. The molecule has 3 unspecified atom stereocenters. The van der Waals surface area contributed by atoms with Crippen molar-refractivity contribution in [1.82, 2.24) is 0 Å². The monoisotopic (exact) mass is 319 g/mol. The molecule has 6 heteroatoms. The Bertz CT molecular complexity index is 540. The fourth-order valence-corrected chi connectivity index (χ4v) is 2.13. The summed E-state index contributed by atoms with van der Waals surface area (Å²) in [7, 11) is 0. The number of rotatable bonds is 9. The van der Waals surface area contributed by atoms with Crippen molar-refractivity contribution in [1.29, 1.82) is 0 Å². The Balaban J connectivity index is 1.65. The molecule has 2 N–H and O–H groups in total. The number of hydrogen-bond acceptors (Lipinski definition) is 6. The number of oxime groups is 1. The highest BCUT2D eigenvalue weighted by Crippen LogP contribution is 2.16. The van der Waals surface area contributed by atoms with Crippen molar-refractivity contribution in [3.05, 3.63) is 35.9 Å². The Kier molecular flexibility index (Phi) is 7.04. The van der Waals surface area contributed by atoms with Gasteiger partial charge in [-0.25, -0.2) is 0 Å². The lowest BCUT2D eigenvalue weighted by Crippen LogP contribution is -2.36. The largest absolute Gasteiger partial charge is 0.394 e. The molecule has 0 aliphatic carbocycles. The Hall–Kier alpha value is -1.91. The average molecular weight is 319 g/mol. The van der Waals surface area contributed by atoms with Crippen LogP contribution >= 0.6 is 0 Å². The van der Waals surface area contributed by atoms with Gasteiger partial charge in [-0.05, 0) is 5.56 Å². The van der Waals surface area contributed by atoms with Gasteiger partial charge in [0.15, 0.2) is 6.10 Å². The summed E-state index contributed by atoms with van der Waals surface area (Å²) >= 11 is 0. The third-order valence-electron chi connectivity index (χ3n) is 3.38. The van der Waals surface area contributed by atoms with E-state index in [0.717, 1.165) is 5.56 Å². The summed E-state index contributed by atoms with van der Waals surface area (Å²) in [5.74, 6) is 2.40. The molecule has 0 saturated heterocycles. The minimum absolute atomic E-state index is 0.0330. The fourth-order valence-electron chi connectivity index (χ4n) is 2.13. The summed E-state index contributed by atoms with van der Waals surface area (Å²) in [6.07, 6.45) is 3.85. The Morgan fingerprint density at radius 1 is 1.35 bits per heavy atom. The molecule has 0 saturated carbocycles. The Morgan fingerprint density at radius 2 is 2.13 bits per heavy atom. The standard InChI is InChI=1S/C17H21NO5/c1-2-14-8-16(23-18-14)17(9-19)22-12-15(20)11-21-10-13-6-4-3-5-7-13/h1,3-7,15-17,19-20H,8-12H2. The zero-order chi connectivity index (χ0) is 16.5. The molecule has 0 radical (unpaired) electrons. The summed E-state index contributed by atoms with van der Waals surface area (Å²) in [6.45, 7) is 0.359. The lowest BCUT2D eigenvalue weighted by molar-refractivity contribution is -0.109. The van der Waals surface area contributed by atoms with Gasteiger partial charge in [0, 0.05) is 6.42 Å². The minimum Gasteiger partial charge on any atom is -0.394 e. The molecule has 0 aromatic heterocycles. The predicted octanol–water partition coefficient (Wildman–Crippen LogP) is 0.720. The number of nitrogens with zero attached hydrogens (tertiary/aromatic N) is 1. The molecular formula is C17H21NO5. The van der Waals surface area contributed by atoms with Crippen LogP contribution in [-0.4, -0.2) is 54.1 Å². The van der Waals surface area contributed by atoms with E-state index in [2.05, 4.69) is 11.1 Å². The van der Waals surface area contributed by atoms with Crippen LogP contribution in [0.15, 0.2) is 35.5 Å². The van der Waals surface area contributed by atoms with E-state index in [1.807, 2.05) is 30.3 Å². The van der Waals surface area contributed by atoms with Crippen LogP contribution in [0.25, 0.3) is 0 Å². The van der Waals surface area contributed by atoms with E-state index in [-0.39, 0.29) is 19.8 Å². The van der Waals surface area contributed by atoms with Gasteiger partial charge in [0.2, 0.25) is 0 Å². The number of terminal acetylenes is 1. The quantitative estimate of drug-likeness (QED) is 0.656. The lowest BCUT2D eigenvalue weighted by Gasteiger charge is -2.21. The fraction of sp³-hybridized carbons (Fsp3) is 0.471. The average Bonchev–Trinajstić information content (AvgIpc) is 3.05. The van der Waals surface area contributed by atoms with Crippen LogP contribution in [0.5, 0.6) is 0 Å². The molecule has 23 heavy (non-hydrogen) atoms. The van der Waals surface area contributed by atoms with Crippen LogP contribution in [0.2, 0.25) is 0 Å². The zero-order valence-corrected chi connectivity index (χ0v) is 12.8. The van der Waals surface area contributed by atoms with Gasteiger partial charge in [0.1, 0.15) is 17.9 Å². The molecule has 0 spiro atoms. The molecule has 124 valence electrons. The molecule has 2 rings (SSSR count). The van der Waals surface area contributed by atoms with Gasteiger partial charge in [-0.1, -0.05) is 41.4 Å². The van der Waals surface area contributed by atoms with Gasteiger partial charge >= 0.3 is 0 Å². The minimum atomic E-state index is -0.790. The van der Waals surface area contributed by atoms with E-state index >= 15 is 0 Å². The molecule has 6 nitrogen and oxygen atoms in total. The Labute approximate surface area is 135 Å². The van der Waals surface area contributed by atoms with E-state index < -0.39 is 18.3 Å². The molecule has 0 amide bonds. The van der Waals surface area contributed by atoms with Gasteiger partial charge in [0.05, 0.1) is 26.4 Å². The number of aliphatic hydroxyl groups is 2. The van der Waals surface area contributed by atoms with Crippen molar-refractivity contribution in [2.24, 2.45) is 5.16 Å². The third kappa shape index (κ3) is 5.66. The first-order chi connectivity index (χ1) is 11.2. The highest BCUT2D eigenvalue weighted by atomic mass is 16.7. The summed E-state index contributed by atoms with van der Waals surface area (Å²) in [6, 6.07) is 9.69. The highest BCUT2D eigenvalue weighted by Gasteiger charge is 2.30. The van der Waals surface area contributed by atoms with Crippen molar-refractivity contribution in [2.75, 3.05) is 19.8 Å². The summed E-state index contributed by atoms with van der Waals surface area (Å²) in [4.78, 5) is 5.13. The summed E-state index contributed by atoms with van der Waals surface area (Å²) in [5, 5.41) is 23.0. The molecule has 1 aromatic rings. The molecular weight excluding hydrogens is 298 g/mol. The second-order valence-corrected chi connectivity index (χ2v) is 5.24. The molecule has 1 heterocycles. The van der Waals surface area contributed by atoms with Gasteiger partial charge in [-0.15, -0.1) is 6.42 Å². The summed E-state index contributed by atoms with van der Waals surface area (Å²) in [5.41, 5.74) is 1.52. The number of benzene rings is 1. The van der Waals surface area contributed by atoms with E-state index in [0.29, 0.717) is 18.7 Å². The van der Waals surface area contributed by atoms with Crippen molar-refractivity contribution >= 4 is 5.71 Å². The van der Waals surface area contributed by atoms with E-state index in [9.17, 15) is 10.2 Å². The van der Waals surface area contributed by atoms with Crippen LogP contribution in [0.4, 0.5) is 0 Å². The second-order valence-electron chi connectivity index (χ2n) is 5.24. The van der Waals surface area contributed by atoms with Crippen LogP contribution in [0.1, 0.15) is 12.0 Å². The predicted molar refractivity (Wildman–Crippen MR) is 84.7 cm³/mol. The number of aliphatic hydroxyl groups excluding tert-OH is 2. The zero-order valence-electron chi connectivity index (χ0n) is 12.8. The first kappa shape index (κ1) is 17.4. The van der Waals surface area contributed by atoms with Crippen molar-refractivity contribution < 1.29 is 24.5 Å². The smallest absolute Gasteiger partial charge is 0.162 e. The van der Waals surface area contributed by atoms with Crippen molar-refractivity contribution in [3.8, 4) is 12.3 Å². The maximum atomic E-state index is 9.88. The van der Waals surface area contributed by atoms with Gasteiger partial charge < -0.3 is 24.5 Å². The van der Waals surface area contributed by atoms with Crippen LogP contribution < -0.4 is 0 Å².